The lowest BCUT2D eigenvalue weighted by molar-refractivity contribution is -0.156. The van der Waals surface area contributed by atoms with Crippen molar-refractivity contribution < 1.29 is 19.4 Å². The van der Waals surface area contributed by atoms with Crippen LogP contribution in [0.4, 0.5) is 0 Å². The lowest BCUT2D eigenvalue weighted by atomic mass is 9.84. The average Bonchev–Trinajstić information content (AvgIpc) is 2.45. The number of rotatable bonds is 9. The molecule has 4 nitrogen and oxygen atoms in total. The first-order valence-electron chi connectivity index (χ1n) is 8.08. The van der Waals surface area contributed by atoms with E-state index in [1.165, 1.54) is 12.8 Å². The lowest BCUT2D eigenvalue weighted by Crippen LogP contribution is -2.31. The van der Waals surface area contributed by atoms with Crippen molar-refractivity contribution in [3.05, 3.63) is 12.2 Å². The van der Waals surface area contributed by atoms with Crippen LogP contribution in [0.2, 0.25) is 0 Å². The molecule has 21 heavy (non-hydrogen) atoms. The van der Waals surface area contributed by atoms with Gasteiger partial charge in [-0.1, -0.05) is 51.7 Å². The van der Waals surface area contributed by atoms with Gasteiger partial charge in [0.05, 0.1) is 18.4 Å². The van der Waals surface area contributed by atoms with Crippen LogP contribution < -0.4 is 0 Å². The maximum absolute atomic E-state index is 12.0. The number of hydrogen-bond donors (Lipinski definition) is 1. The Balaban J connectivity index is 2.19. The maximum atomic E-state index is 12.0. The van der Waals surface area contributed by atoms with Crippen LogP contribution in [-0.4, -0.2) is 23.7 Å². The van der Waals surface area contributed by atoms with Crippen LogP contribution >= 0.6 is 0 Å². The molecule has 1 rings (SSSR count). The van der Waals surface area contributed by atoms with Gasteiger partial charge in [0.25, 0.3) is 0 Å². The standard InChI is InChI=1S/C17H28O4/c1-13(2)9-5-3-4-8-12-21-17(20)15-11-7-6-10-14(15)16(18)19/h7,11,13-15H,3-6,8-10,12H2,1-2H3,(H,18,19). The van der Waals surface area contributed by atoms with Gasteiger partial charge in [-0.05, 0) is 25.2 Å². The average molecular weight is 296 g/mol. The first-order chi connectivity index (χ1) is 10.0. The minimum atomic E-state index is -0.907. The van der Waals surface area contributed by atoms with Crippen LogP contribution in [0, 0.1) is 17.8 Å². The van der Waals surface area contributed by atoms with Crippen molar-refractivity contribution in [3.63, 3.8) is 0 Å². The van der Waals surface area contributed by atoms with Crippen molar-refractivity contribution in [2.75, 3.05) is 6.61 Å². The van der Waals surface area contributed by atoms with Gasteiger partial charge in [-0.25, -0.2) is 0 Å². The van der Waals surface area contributed by atoms with E-state index in [-0.39, 0.29) is 5.97 Å². The fourth-order valence-corrected chi connectivity index (χ4v) is 2.63. The van der Waals surface area contributed by atoms with Gasteiger partial charge < -0.3 is 9.84 Å². The fourth-order valence-electron chi connectivity index (χ4n) is 2.63. The number of carbonyl (C=O) groups is 2. The Bertz CT molecular complexity index is 360. The summed E-state index contributed by atoms with van der Waals surface area (Å²) < 4.78 is 5.24. The highest BCUT2D eigenvalue weighted by molar-refractivity contribution is 5.83. The Labute approximate surface area is 127 Å². The third kappa shape index (κ3) is 6.78. The molecule has 0 aromatic carbocycles. The van der Waals surface area contributed by atoms with Crippen LogP contribution in [-0.2, 0) is 14.3 Å². The van der Waals surface area contributed by atoms with Crippen LogP contribution in [0.15, 0.2) is 12.2 Å². The highest BCUT2D eigenvalue weighted by atomic mass is 16.5. The van der Waals surface area contributed by atoms with Crippen molar-refractivity contribution >= 4 is 11.9 Å². The van der Waals surface area contributed by atoms with Gasteiger partial charge in [0, 0.05) is 0 Å². The molecule has 4 heteroatoms. The van der Waals surface area contributed by atoms with Crippen molar-refractivity contribution in [3.8, 4) is 0 Å². The van der Waals surface area contributed by atoms with Gasteiger partial charge in [0.2, 0.25) is 0 Å². The van der Waals surface area contributed by atoms with E-state index in [1.807, 2.05) is 6.08 Å². The van der Waals surface area contributed by atoms with E-state index in [9.17, 15) is 9.59 Å². The Hall–Kier alpha value is -1.32. The highest BCUT2D eigenvalue weighted by Gasteiger charge is 2.34. The lowest BCUT2D eigenvalue weighted by Gasteiger charge is -2.22. The van der Waals surface area contributed by atoms with Crippen LogP contribution in [0.25, 0.3) is 0 Å². The zero-order chi connectivity index (χ0) is 15.7. The Morgan fingerprint density at radius 2 is 1.95 bits per heavy atom. The molecule has 1 aliphatic carbocycles. The van der Waals surface area contributed by atoms with Gasteiger partial charge >= 0.3 is 11.9 Å². The van der Waals surface area contributed by atoms with Crippen molar-refractivity contribution in [1.29, 1.82) is 0 Å². The molecule has 1 N–H and O–H groups in total. The van der Waals surface area contributed by atoms with Gasteiger partial charge in [0.1, 0.15) is 0 Å². The number of carboxylic acid groups (broad SMARTS) is 1. The SMILES string of the molecule is CC(C)CCCCCCOC(=O)C1C=CCCC1C(=O)O. The third-order valence-electron chi connectivity index (χ3n) is 3.93. The number of hydrogen-bond acceptors (Lipinski definition) is 3. The number of aliphatic carboxylic acids is 1. The summed E-state index contributed by atoms with van der Waals surface area (Å²) >= 11 is 0. The summed E-state index contributed by atoms with van der Waals surface area (Å²) in [7, 11) is 0. The summed E-state index contributed by atoms with van der Waals surface area (Å²) in [6, 6.07) is 0. The topological polar surface area (TPSA) is 63.6 Å². The molecular formula is C17H28O4. The van der Waals surface area contributed by atoms with Gasteiger partial charge in [-0.15, -0.1) is 0 Å². The molecule has 0 aromatic rings. The van der Waals surface area contributed by atoms with E-state index >= 15 is 0 Å². The molecule has 0 bridgehead atoms. The quantitative estimate of drug-likeness (QED) is 0.399. The predicted molar refractivity (Wildman–Crippen MR) is 81.9 cm³/mol. The second-order valence-electron chi connectivity index (χ2n) is 6.24. The van der Waals surface area contributed by atoms with Gasteiger partial charge in [-0.2, -0.15) is 0 Å². The van der Waals surface area contributed by atoms with Crippen LogP contribution in [0.3, 0.4) is 0 Å². The van der Waals surface area contributed by atoms with E-state index in [2.05, 4.69) is 13.8 Å². The molecule has 1 aliphatic rings. The molecule has 0 amide bonds. The number of esters is 1. The van der Waals surface area contributed by atoms with E-state index in [4.69, 9.17) is 9.84 Å². The minimum absolute atomic E-state index is 0.388. The molecule has 2 unspecified atom stereocenters. The Morgan fingerprint density at radius 3 is 2.62 bits per heavy atom. The van der Waals surface area contributed by atoms with Gasteiger partial charge in [0.15, 0.2) is 0 Å². The zero-order valence-corrected chi connectivity index (χ0v) is 13.2. The fraction of sp³-hybridized carbons (Fsp3) is 0.765. The number of ether oxygens (including phenoxy) is 1. The summed E-state index contributed by atoms with van der Waals surface area (Å²) in [6.07, 6.45) is 10.3. The summed E-state index contributed by atoms with van der Waals surface area (Å²) in [5, 5.41) is 9.13. The van der Waals surface area contributed by atoms with E-state index in [0.717, 1.165) is 31.6 Å². The highest BCUT2D eigenvalue weighted by Crippen LogP contribution is 2.26. The number of carbonyl (C=O) groups excluding carboxylic acids is 1. The Morgan fingerprint density at radius 1 is 1.24 bits per heavy atom. The predicted octanol–water partition coefficient (Wildman–Crippen LogP) is 3.80. The summed E-state index contributed by atoms with van der Waals surface area (Å²) in [4.78, 5) is 23.1. The largest absolute Gasteiger partial charge is 0.481 e. The molecule has 0 heterocycles. The zero-order valence-electron chi connectivity index (χ0n) is 13.2. The summed E-state index contributed by atoms with van der Waals surface area (Å²) in [5.41, 5.74) is 0. The van der Waals surface area contributed by atoms with Crippen LogP contribution in [0.5, 0.6) is 0 Å². The maximum Gasteiger partial charge on any atom is 0.313 e. The van der Waals surface area contributed by atoms with E-state index in [1.54, 1.807) is 6.08 Å². The Kier molecular flexibility index (Phi) is 8.09. The molecular weight excluding hydrogens is 268 g/mol. The number of unbranched alkanes of at least 4 members (excludes halogenated alkanes) is 3. The third-order valence-corrected chi connectivity index (χ3v) is 3.93. The number of allylic oxidation sites excluding steroid dienone is 1. The molecule has 0 saturated heterocycles. The molecule has 0 fully saturated rings. The molecule has 0 radical (unpaired) electrons. The summed E-state index contributed by atoms with van der Waals surface area (Å²) in [6.45, 7) is 4.84. The smallest absolute Gasteiger partial charge is 0.313 e. The molecule has 2 atom stereocenters. The summed E-state index contributed by atoms with van der Waals surface area (Å²) in [5.74, 6) is -1.80. The van der Waals surface area contributed by atoms with Crippen molar-refractivity contribution in [1.82, 2.24) is 0 Å². The first kappa shape index (κ1) is 17.7. The van der Waals surface area contributed by atoms with Gasteiger partial charge in [-0.3, -0.25) is 9.59 Å². The molecule has 0 aromatic heterocycles. The second kappa shape index (κ2) is 9.59. The first-order valence-corrected chi connectivity index (χ1v) is 8.08. The normalized spacial score (nSPS) is 21.5. The molecule has 120 valence electrons. The monoisotopic (exact) mass is 296 g/mol. The van der Waals surface area contributed by atoms with E-state index in [0.29, 0.717) is 13.0 Å². The molecule has 0 aliphatic heterocycles. The molecule has 0 saturated carbocycles. The minimum Gasteiger partial charge on any atom is -0.481 e. The molecule has 0 spiro atoms. The number of carboxylic acids is 1. The van der Waals surface area contributed by atoms with Crippen molar-refractivity contribution in [2.45, 2.75) is 58.8 Å². The van der Waals surface area contributed by atoms with Crippen LogP contribution in [0.1, 0.15) is 58.8 Å². The second-order valence-corrected chi connectivity index (χ2v) is 6.24. The van der Waals surface area contributed by atoms with E-state index < -0.39 is 17.8 Å². The van der Waals surface area contributed by atoms with Crippen molar-refractivity contribution in [2.24, 2.45) is 17.8 Å².